The molecule has 2 aromatic carbocycles. The van der Waals surface area contributed by atoms with Crippen LogP contribution in [0.4, 0.5) is 10.5 Å². The molecule has 19 heteroatoms. The summed E-state index contributed by atoms with van der Waals surface area (Å²) in [6.45, 7) is 1.05. The predicted molar refractivity (Wildman–Crippen MR) is 198 cm³/mol. The van der Waals surface area contributed by atoms with Gasteiger partial charge in [0, 0.05) is 62.1 Å². The quantitative estimate of drug-likeness (QED) is 0.0696. The first kappa shape index (κ1) is 42.4. The molecule has 9 N–H and O–H groups in total. The average Bonchev–Trinajstić information content (AvgIpc) is 3.58. The third-order valence-corrected chi connectivity index (χ3v) is 8.42. The molecule has 56 heavy (non-hydrogen) atoms. The van der Waals surface area contributed by atoms with E-state index in [0.717, 1.165) is 21.4 Å². The van der Waals surface area contributed by atoms with Crippen LogP contribution in [0, 0.1) is 0 Å². The summed E-state index contributed by atoms with van der Waals surface area (Å²) in [4.78, 5) is 88.8. The number of hydrogen-bond donors (Lipinski definition) is 8. The van der Waals surface area contributed by atoms with Crippen molar-refractivity contribution in [1.29, 1.82) is 0 Å². The van der Waals surface area contributed by atoms with Gasteiger partial charge in [0.2, 0.25) is 36.3 Å². The second-order valence-corrected chi connectivity index (χ2v) is 12.7. The number of nitrogens with two attached hydrogens (primary N) is 1. The Kier molecular flexibility index (Phi) is 15.9. The van der Waals surface area contributed by atoms with Crippen molar-refractivity contribution in [3.05, 3.63) is 72.1 Å². The Morgan fingerprint density at radius 1 is 1.04 bits per heavy atom. The Hall–Kier alpha value is -6.31. The van der Waals surface area contributed by atoms with Gasteiger partial charge in [-0.1, -0.05) is 30.3 Å². The van der Waals surface area contributed by atoms with Crippen LogP contribution in [0.2, 0.25) is 0 Å². The first-order valence-corrected chi connectivity index (χ1v) is 17.6. The fourth-order valence-electron chi connectivity index (χ4n) is 5.59. The molecule has 1 aromatic heterocycles. The van der Waals surface area contributed by atoms with Gasteiger partial charge in [0.1, 0.15) is 43.4 Å². The first-order valence-electron chi connectivity index (χ1n) is 17.6. The van der Waals surface area contributed by atoms with Crippen molar-refractivity contribution in [2.24, 2.45) is 5.73 Å². The summed E-state index contributed by atoms with van der Waals surface area (Å²) in [6, 6.07) is 10.6. The predicted octanol–water partition coefficient (Wildman–Crippen LogP) is -0.152. The number of ether oxygens (including phenoxy) is 3. The van der Waals surface area contributed by atoms with E-state index >= 15 is 0 Å². The minimum atomic E-state index is -1.54. The number of aromatic amines is 1. The maximum atomic E-state index is 13.0. The summed E-state index contributed by atoms with van der Waals surface area (Å²) >= 11 is 0. The van der Waals surface area contributed by atoms with E-state index in [2.05, 4.69) is 26.3 Å². The first-order chi connectivity index (χ1) is 26.9. The highest BCUT2D eigenvalue weighted by Gasteiger charge is 2.38. The second-order valence-electron chi connectivity index (χ2n) is 12.7. The number of primary amides is 1. The van der Waals surface area contributed by atoms with E-state index in [-0.39, 0.29) is 63.4 Å². The maximum Gasteiger partial charge on any atom is 0.408 e. The number of nitrogens with one attached hydrogen (secondary N) is 5. The highest BCUT2D eigenvalue weighted by Crippen LogP contribution is 2.31. The highest BCUT2D eigenvalue weighted by molar-refractivity contribution is 5.93. The van der Waals surface area contributed by atoms with Crippen LogP contribution in [0.3, 0.4) is 0 Å². The molecule has 0 saturated carbocycles. The van der Waals surface area contributed by atoms with Crippen molar-refractivity contribution in [2.75, 3.05) is 25.0 Å². The lowest BCUT2D eigenvalue weighted by Crippen LogP contribution is -2.51. The number of para-hydroxylation sites is 1. The van der Waals surface area contributed by atoms with Gasteiger partial charge in [0.25, 0.3) is 0 Å². The van der Waals surface area contributed by atoms with Crippen LogP contribution in [-0.4, -0.2) is 113 Å². The number of anilines is 1. The van der Waals surface area contributed by atoms with Crippen LogP contribution in [-0.2, 0) is 51.3 Å². The molecule has 1 saturated heterocycles. The standard InChI is InChI=1S/C37H45N7O12/c1-2-13-44(21-46)18-33(50)40-11-9-31(48)39-12-10-32(49)42-27-14-22(7-8-30(27)56-36-34(51)29(47)16-24(19-45)55-36)20-54-37(53)43-28(35(38)52)15-23-17-41-26-6-4-3-5-25(23)26/h2-8,13-14,17,19,21,24,28-29,34,36,41,47,51H,9-12,15-16,18,20H2,1H3,(H2,38,52)(H,39,48)(H,40,50)(H,42,49)(H,43,53)/b13-2-/t24?,28-,29?,34-,36?/m1/s1. The number of benzene rings is 2. The minimum absolute atomic E-state index is 0.00495. The third kappa shape index (κ3) is 12.6. The van der Waals surface area contributed by atoms with Crippen molar-refractivity contribution in [1.82, 2.24) is 25.8 Å². The van der Waals surface area contributed by atoms with Gasteiger partial charge in [0.05, 0.1) is 11.8 Å². The van der Waals surface area contributed by atoms with Crippen LogP contribution in [0.15, 0.2) is 60.9 Å². The number of amides is 6. The zero-order valence-corrected chi connectivity index (χ0v) is 30.5. The van der Waals surface area contributed by atoms with Gasteiger partial charge in [-0.15, -0.1) is 0 Å². The Bertz CT molecular complexity index is 1900. The molecule has 4 rings (SSSR count). The molecule has 1 fully saturated rings. The zero-order valence-electron chi connectivity index (χ0n) is 30.5. The Morgan fingerprint density at radius 3 is 2.48 bits per heavy atom. The van der Waals surface area contributed by atoms with Crippen molar-refractivity contribution in [2.45, 2.75) is 69.9 Å². The highest BCUT2D eigenvalue weighted by atomic mass is 16.7. The van der Waals surface area contributed by atoms with Crippen LogP contribution in [0.25, 0.3) is 10.9 Å². The number of carbonyl (C=O) groups excluding carboxylic acids is 7. The lowest BCUT2D eigenvalue weighted by atomic mass is 10.0. The topological polar surface area (TPSA) is 281 Å². The Morgan fingerprint density at radius 2 is 1.77 bits per heavy atom. The number of aliphatic hydroxyl groups excluding tert-OH is 2. The second kappa shape index (κ2) is 21.0. The van der Waals surface area contributed by atoms with Crippen molar-refractivity contribution < 1.29 is 58.0 Å². The van der Waals surface area contributed by atoms with Crippen molar-refractivity contribution >= 4 is 59.0 Å². The fourth-order valence-corrected chi connectivity index (χ4v) is 5.59. The van der Waals surface area contributed by atoms with Gasteiger partial charge in [-0.2, -0.15) is 0 Å². The van der Waals surface area contributed by atoms with Crippen LogP contribution >= 0.6 is 0 Å². The molecule has 1 aliphatic heterocycles. The van der Waals surface area contributed by atoms with E-state index in [4.69, 9.17) is 19.9 Å². The number of H-pyrrole nitrogens is 1. The van der Waals surface area contributed by atoms with Gasteiger partial charge in [-0.3, -0.25) is 24.0 Å². The number of aldehydes is 1. The number of fused-ring (bicyclic) bond motifs is 1. The SMILES string of the molecule is C/C=C\N(C=O)CC(=O)NCCC(=O)NCCC(=O)Nc1cc(COC(=O)N[C@H](Cc2c[nH]c3ccccc23)C(N)=O)ccc1OC1OC(C=O)CC(O)[C@H]1O. The number of rotatable bonds is 20. The number of hydrogen-bond acceptors (Lipinski definition) is 12. The van der Waals surface area contributed by atoms with Gasteiger partial charge in [0.15, 0.2) is 0 Å². The Balaban J connectivity index is 1.36. The van der Waals surface area contributed by atoms with E-state index in [0.29, 0.717) is 18.3 Å². The molecule has 5 atom stereocenters. The average molecular weight is 780 g/mol. The number of nitrogens with zero attached hydrogens (tertiary/aromatic N) is 1. The maximum absolute atomic E-state index is 13.0. The summed E-state index contributed by atoms with van der Waals surface area (Å²) in [5.74, 6) is -2.32. The third-order valence-electron chi connectivity index (χ3n) is 8.42. The minimum Gasteiger partial charge on any atom is -0.460 e. The molecule has 6 amide bonds. The summed E-state index contributed by atoms with van der Waals surface area (Å²) in [5.41, 5.74) is 7.55. The fraction of sp³-hybridized carbons (Fsp3) is 0.378. The van der Waals surface area contributed by atoms with Crippen molar-refractivity contribution in [3.8, 4) is 5.75 Å². The smallest absolute Gasteiger partial charge is 0.408 e. The normalized spacial score (nSPS) is 18.3. The summed E-state index contributed by atoms with van der Waals surface area (Å²) < 4.78 is 16.6. The summed E-state index contributed by atoms with van der Waals surface area (Å²) in [7, 11) is 0. The number of alkyl carbamates (subject to hydrolysis) is 1. The molecule has 0 spiro atoms. The summed E-state index contributed by atoms with van der Waals surface area (Å²) in [5, 5.41) is 31.7. The van der Waals surface area contributed by atoms with Crippen LogP contribution < -0.4 is 31.7 Å². The Labute approximate surface area is 320 Å². The largest absolute Gasteiger partial charge is 0.460 e. The number of aromatic nitrogens is 1. The molecule has 3 aromatic rings. The molecule has 3 unspecified atom stereocenters. The molecule has 1 aliphatic rings. The van der Waals surface area contributed by atoms with Gasteiger partial charge in [-0.05, 0) is 36.2 Å². The lowest BCUT2D eigenvalue weighted by Gasteiger charge is -2.35. The molecule has 0 bridgehead atoms. The molecular formula is C37H45N7O12. The molecule has 0 aliphatic carbocycles. The van der Waals surface area contributed by atoms with E-state index in [9.17, 15) is 43.8 Å². The molecule has 0 radical (unpaired) electrons. The van der Waals surface area contributed by atoms with Crippen LogP contribution in [0.1, 0.15) is 37.3 Å². The van der Waals surface area contributed by atoms with Gasteiger partial charge >= 0.3 is 6.09 Å². The molecule has 300 valence electrons. The van der Waals surface area contributed by atoms with E-state index in [1.807, 2.05) is 24.3 Å². The number of carbonyl (C=O) groups is 7. The van der Waals surface area contributed by atoms with E-state index < -0.39 is 60.4 Å². The summed E-state index contributed by atoms with van der Waals surface area (Å²) in [6.07, 6.45) is -1.05. The van der Waals surface area contributed by atoms with E-state index in [1.54, 1.807) is 19.2 Å². The zero-order chi connectivity index (χ0) is 40.6. The lowest BCUT2D eigenvalue weighted by molar-refractivity contribution is -0.228. The number of aliphatic hydroxyl groups is 2. The van der Waals surface area contributed by atoms with Crippen LogP contribution in [0.5, 0.6) is 5.75 Å². The van der Waals surface area contributed by atoms with Gasteiger partial charge < -0.3 is 66.1 Å². The van der Waals surface area contributed by atoms with Crippen molar-refractivity contribution in [3.63, 3.8) is 0 Å². The molecular weight excluding hydrogens is 734 g/mol. The number of allylic oxidation sites excluding steroid dienone is 1. The monoisotopic (exact) mass is 779 g/mol. The molecule has 2 heterocycles. The molecule has 19 nitrogen and oxygen atoms in total. The van der Waals surface area contributed by atoms with E-state index in [1.165, 1.54) is 24.4 Å². The van der Waals surface area contributed by atoms with Gasteiger partial charge in [-0.25, -0.2) is 4.79 Å².